The fraction of sp³-hybridized carbons (Fsp3) is 0.0667. The summed E-state index contributed by atoms with van der Waals surface area (Å²) in [5.74, 6) is -0.507. The van der Waals surface area contributed by atoms with Gasteiger partial charge in [0.05, 0.1) is 5.56 Å². The highest BCUT2D eigenvalue weighted by Crippen LogP contribution is 2.17. The zero-order chi connectivity index (χ0) is 14.4. The molecule has 20 heavy (non-hydrogen) atoms. The normalized spacial score (nSPS) is 9.60. The molecule has 0 heterocycles. The number of halogens is 1. The number of nitriles is 1. The number of hydrogen-bond acceptors (Lipinski definition) is 4. The van der Waals surface area contributed by atoms with Crippen molar-refractivity contribution < 1.29 is 18.7 Å². The Bertz CT molecular complexity index is 647. The lowest BCUT2D eigenvalue weighted by Gasteiger charge is -2.07. The first-order valence-electron chi connectivity index (χ1n) is 5.77. The SMILES string of the molecule is N#Cc1ccccc1OCC(=O)Oc1ccc(F)cc1. The minimum atomic E-state index is -0.635. The van der Waals surface area contributed by atoms with E-state index in [1.165, 1.54) is 24.3 Å². The molecule has 2 rings (SSSR count). The Morgan fingerprint density at radius 1 is 1.15 bits per heavy atom. The Balaban J connectivity index is 1.92. The number of rotatable bonds is 4. The first-order chi connectivity index (χ1) is 9.69. The van der Waals surface area contributed by atoms with Crippen molar-refractivity contribution in [3.05, 3.63) is 59.9 Å². The standard InChI is InChI=1S/C15H10FNO3/c16-12-5-7-13(8-6-12)20-15(18)10-19-14-4-2-1-3-11(14)9-17/h1-8H,10H2. The van der Waals surface area contributed by atoms with Crippen LogP contribution in [-0.2, 0) is 4.79 Å². The highest BCUT2D eigenvalue weighted by molar-refractivity contribution is 5.74. The van der Waals surface area contributed by atoms with E-state index < -0.39 is 11.8 Å². The Kier molecular flexibility index (Phi) is 4.30. The van der Waals surface area contributed by atoms with Crippen molar-refractivity contribution >= 4 is 5.97 Å². The molecule has 5 heteroatoms. The number of nitrogens with zero attached hydrogens (tertiary/aromatic N) is 1. The predicted octanol–water partition coefficient (Wildman–Crippen LogP) is 2.68. The highest BCUT2D eigenvalue weighted by atomic mass is 19.1. The first kappa shape index (κ1) is 13.6. The lowest BCUT2D eigenvalue weighted by Crippen LogP contribution is -2.18. The number of benzene rings is 2. The minimum absolute atomic E-state index is 0.230. The van der Waals surface area contributed by atoms with Crippen LogP contribution in [0.25, 0.3) is 0 Å². The lowest BCUT2D eigenvalue weighted by atomic mass is 10.2. The number of esters is 1. The molecular formula is C15H10FNO3. The zero-order valence-corrected chi connectivity index (χ0v) is 10.4. The first-order valence-corrected chi connectivity index (χ1v) is 5.77. The predicted molar refractivity (Wildman–Crippen MR) is 68.7 cm³/mol. The fourth-order valence-electron chi connectivity index (χ4n) is 1.49. The molecule has 0 amide bonds. The third-order valence-electron chi connectivity index (χ3n) is 2.40. The largest absolute Gasteiger partial charge is 0.481 e. The van der Waals surface area contributed by atoms with Crippen LogP contribution in [0.1, 0.15) is 5.56 Å². The van der Waals surface area contributed by atoms with Crippen LogP contribution >= 0.6 is 0 Å². The molecule has 2 aromatic rings. The number of hydrogen-bond donors (Lipinski definition) is 0. The van der Waals surface area contributed by atoms with E-state index in [4.69, 9.17) is 14.7 Å². The molecule has 0 unspecified atom stereocenters. The third-order valence-corrected chi connectivity index (χ3v) is 2.40. The van der Waals surface area contributed by atoms with E-state index in [2.05, 4.69) is 0 Å². The molecule has 4 nitrogen and oxygen atoms in total. The van der Waals surface area contributed by atoms with Gasteiger partial charge >= 0.3 is 5.97 Å². The molecule has 0 radical (unpaired) electrons. The molecule has 0 saturated heterocycles. The van der Waals surface area contributed by atoms with Gasteiger partial charge in [0.1, 0.15) is 23.4 Å². The summed E-state index contributed by atoms with van der Waals surface area (Å²) in [5.41, 5.74) is 0.335. The molecule has 0 aliphatic carbocycles. The molecule has 0 atom stereocenters. The van der Waals surface area contributed by atoms with Crippen molar-refractivity contribution in [2.24, 2.45) is 0 Å². The molecule has 0 aromatic heterocycles. The molecule has 0 fully saturated rings. The number of carbonyl (C=O) groups excluding carboxylic acids is 1. The van der Waals surface area contributed by atoms with Gasteiger partial charge in [0.2, 0.25) is 0 Å². The maximum atomic E-state index is 12.7. The quantitative estimate of drug-likeness (QED) is 0.633. The van der Waals surface area contributed by atoms with Gasteiger partial charge in [-0.25, -0.2) is 9.18 Å². The summed E-state index contributed by atoms with van der Waals surface area (Å²) in [6.45, 7) is -0.337. The van der Waals surface area contributed by atoms with Crippen LogP contribution in [0, 0.1) is 17.1 Å². The van der Waals surface area contributed by atoms with Crippen LogP contribution in [0.15, 0.2) is 48.5 Å². The summed E-state index contributed by atoms with van der Waals surface area (Å²) in [6, 6.07) is 13.6. The van der Waals surface area contributed by atoms with Gasteiger partial charge in [-0.15, -0.1) is 0 Å². The monoisotopic (exact) mass is 271 g/mol. The van der Waals surface area contributed by atoms with E-state index in [9.17, 15) is 9.18 Å². The van der Waals surface area contributed by atoms with Gasteiger partial charge in [0.15, 0.2) is 6.61 Å². The second kappa shape index (κ2) is 6.34. The average molecular weight is 271 g/mol. The van der Waals surface area contributed by atoms with Crippen molar-refractivity contribution in [3.8, 4) is 17.6 Å². The molecule has 0 saturated carbocycles. The molecule has 2 aromatic carbocycles. The van der Waals surface area contributed by atoms with E-state index in [1.807, 2.05) is 6.07 Å². The van der Waals surface area contributed by atoms with Gasteiger partial charge in [0, 0.05) is 0 Å². The van der Waals surface area contributed by atoms with E-state index >= 15 is 0 Å². The van der Waals surface area contributed by atoms with Crippen molar-refractivity contribution in [3.63, 3.8) is 0 Å². The maximum absolute atomic E-state index is 12.7. The van der Waals surface area contributed by atoms with Gasteiger partial charge in [-0.3, -0.25) is 0 Å². The molecule has 0 N–H and O–H groups in total. The fourth-order valence-corrected chi connectivity index (χ4v) is 1.49. The molecular weight excluding hydrogens is 261 g/mol. The Morgan fingerprint density at radius 3 is 2.55 bits per heavy atom. The number of carbonyl (C=O) groups is 1. The molecule has 0 spiro atoms. The van der Waals surface area contributed by atoms with Crippen molar-refractivity contribution in [2.75, 3.05) is 6.61 Å². The molecule has 0 bridgehead atoms. The van der Waals surface area contributed by atoms with Crippen molar-refractivity contribution in [2.45, 2.75) is 0 Å². The number of para-hydroxylation sites is 1. The van der Waals surface area contributed by atoms with Crippen molar-refractivity contribution in [1.82, 2.24) is 0 Å². The summed E-state index contributed by atoms with van der Waals surface area (Å²) in [4.78, 5) is 11.5. The zero-order valence-electron chi connectivity index (χ0n) is 10.4. The van der Waals surface area contributed by atoms with Crippen molar-refractivity contribution in [1.29, 1.82) is 5.26 Å². The Labute approximate surface area is 115 Å². The van der Waals surface area contributed by atoms with E-state index in [0.29, 0.717) is 11.3 Å². The molecule has 100 valence electrons. The van der Waals surface area contributed by atoms with Gasteiger partial charge in [-0.1, -0.05) is 12.1 Å². The average Bonchev–Trinajstić information content (AvgIpc) is 2.48. The Morgan fingerprint density at radius 2 is 1.85 bits per heavy atom. The summed E-state index contributed by atoms with van der Waals surface area (Å²) in [7, 11) is 0. The summed E-state index contributed by atoms with van der Waals surface area (Å²) >= 11 is 0. The van der Waals surface area contributed by atoms with E-state index in [1.54, 1.807) is 24.3 Å². The van der Waals surface area contributed by atoms with Crippen LogP contribution in [0.5, 0.6) is 11.5 Å². The van der Waals surface area contributed by atoms with Gasteiger partial charge < -0.3 is 9.47 Å². The van der Waals surface area contributed by atoms with Gasteiger partial charge in [0.25, 0.3) is 0 Å². The van der Waals surface area contributed by atoms with E-state index in [0.717, 1.165) is 0 Å². The topological polar surface area (TPSA) is 59.3 Å². The summed E-state index contributed by atoms with van der Waals surface area (Å²) in [6.07, 6.45) is 0. The third kappa shape index (κ3) is 3.56. The maximum Gasteiger partial charge on any atom is 0.349 e. The number of ether oxygens (including phenoxy) is 2. The Hall–Kier alpha value is -2.87. The van der Waals surface area contributed by atoms with Crippen LogP contribution in [-0.4, -0.2) is 12.6 Å². The van der Waals surface area contributed by atoms with Crippen LogP contribution in [0.2, 0.25) is 0 Å². The minimum Gasteiger partial charge on any atom is -0.481 e. The van der Waals surface area contributed by atoms with Crippen LogP contribution in [0.3, 0.4) is 0 Å². The lowest BCUT2D eigenvalue weighted by molar-refractivity contribution is -0.136. The van der Waals surface area contributed by atoms with Gasteiger partial charge in [-0.05, 0) is 36.4 Å². The second-order valence-corrected chi connectivity index (χ2v) is 3.82. The van der Waals surface area contributed by atoms with E-state index in [-0.39, 0.29) is 12.4 Å². The van der Waals surface area contributed by atoms with Crippen LogP contribution < -0.4 is 9.47 Å². The van der Waals surface area contributed by atoms with Crippen LogP contribution in [0.4, 0.5) is 4.39 Å². The smallest absolute Gasteiger partial charge is 0.349 e. The van der Waals surface area contributed by atoms with Gasteiger partial charge in [-0.2, -0.15) is 5.26 Å². The highest BCUT2D eigenvalue weighted by Gasteiger charge is 2.08. The second-order valence-electron chi connectivity index (χ2n) is 3.82. The summed E-state index contributed by atoms with van der Waals surface area (Å²) < 4.78 is 22.8. The molecule has 0 aliphatic heterocycles. The molecule has 0 aliphatic rings. The summed E-state index contributed by atoms with van der Waals surface area (Å²) in [5, 5.41) is 8.86.